The highest BCUT2D eigenvalue weighted by atomic mass is 35.5. The predicted molar refractivity (Wildman–Crippen MR) is 95.1 cm³/mol. The van der Waals surface area contributed by atoms with E-state index in [1.165, 1.54) is 5.56 Å². The minimum absolute atomic E-state index is 0.0171. The van der Waals surface area contributed by atoms with Crippen LogP contribution in [-0.4, -0.2) is 20.1 Å². The van der Waals surface area contributed by atoms with Crippen LogP contribution < -0.4 is 14.8 Å². The fourth-order valence-corrected chi connectivity index (χ4v) is 3.12. The van der Waals surface area contributed by atoms with Crippen LogP contribution in [0, 0.1) is 5.92 Å². The summed E-state index contributed by atoms with van der Waals surface area (Å²) in [5.74, 6) is 2.26. The summed E-state index contributed by atoms with van der Waals surface area (Å²) < 4.78 is 10.4. The van der Waals surface area contributed by atoms with E-state index >= 15 is 0 Å². The molecule has 2 atom stereocenters. The molecule has 3 rings (SSSR count). The highest BCUT2D eigenvalue weighted by molar-refractivity contribution is 6.31. The molecule has 0 aliphatic heterocycles. The Kier molecular flexibility index (Phi) is 4.95. The van der Waals surface area contributed by atoms with Gasteiger partial charge in [-0.1, -0.05) is 23.7 Å². The summed E-state index contributed by atoms with van der Waals surface area (Å²) in [7, 11) is 3.23. The van der Waals surface area contributed by atoms with Gasteiger partial charge < -0.3 is 14.8 Å². The van der Waals surface area contributed by atoms with Crippen LogP contribution in [0.5, 0.6) is 11.5 Å². The summed E-state index contributed by atoms with van der Waals surface area (Å²) in [5.41, 5.74) is 1.87. The second-order valence-electron chi connectivity index (χ2n) is 5.97. The van der Waals surface area contributed by atoms with Gasteiger partial charge in [0, 0.05) is 11.4 Å². The molecule has 2 aromatic rings. The second-order valence-corrected chi connectivity index (χ2v) is 6.41. The molecule has 1 aliphatic carbocycles. The first kappa shape index (κ1) is 16.7. The molecule has 0 bridgehead atoms. The number of halogens is 1. The fourth-order valence-electron chi connectivity index (χ4n) is 2.95. The molecule has 0 unspecified atom stereocenters. The van der Waals surface area contributed by atoms with Crippen molar-refractivity contribution in [2.24, 2.45) is 5.92 Å². The number of hydrogen-bond acceptors (Lipinski definition) is 3. The van der Waals surface area contributed by atoms with Gasteiger partial charge in [-0.25, -0.2) is 0 Å². The minimum atomic E-state index is -0.0171. The van der Waals surface area contributed by atoms with Gasteiger partial charge in [-0.15, -0.1) is 0 Å². The van der Waals surface area contributed by atoms with Crippen molar-refractivity contribution < 1.29 is 14.3 Å². The van der Waals surface area contributed by atoms with E-state index in [0.717, 1.165) is 12.2 Å². The Labute approximate surface area is 146 Å². The molecule has 24 heavy (non-hydrogen) atoms. The third-order valence-electron chi connectivity index (χ3n) is 4.35. The molecular formula is C19H20ClNO3. The van der Waals surface area contributed by atoms with Crippen molar-refractivity contribution in [2.75, 3.05) is 19.5 Å². The SMILES string of the molecule is COc1ccc([C@@H]2C[C@H]2CC(=O)Nc2cc(Cl)ccc2OC)cc1. The zero-order valence-electron chi connectivity index (χ0n) is 13.7. The Morgan fingerprint density at radius 3 is 2.58 bits per heavy atom. The minimum Gasteiger partial charge on any atom is -0.497 e. The highest BCUT2D eigenvalue weighted by Crippen LogP contribution is 2.49. The normalized spacial score (nSPS) is 18.8. The molecule has 4 nitrogen and oxygen atoms in total. The first-order chi connectivity index (χ1) is 11.6. The molecule has 1 fully saturated rings. The fraction of sp³-hybridized carbons (Fsp3) is 0.316. The summed E-state index contributed by atoms with van der Waals surface area (Å²) in [6.45, 7) is 0. The van der Waals surface area contributed by atoms with Gasteiger partial charge in [0.2, 0.25) is 5.91 Å². The predicted octanol–water partition coefficient (Wildman–Crippen LogP) is 4.49. The average Bonchev–Trinajstić information content (AvgIpc) is 3.34. The van der Waals surface area contributed by atoms with Crippen LogP contribution in [0.3, 0.4) is 0 Å². The van der Waals surface area contributed by atoms with Gasteiger partial charge in [0.1, 0.15) is 11.5 Å². The van der Waals surface area contributed by atoms with E-state index in [4.69, 9.17) is 21.1 Å². The molecule has 1 aliphatic rings. The quantitative estimate of drug-likeness (QED) is 0.839. The van der Waals surface area contributed by atoms with Gasteiger partial charge >= 0.3 is 0 Å². The van der Waals surface area contributed by atoms with Crippen molar-refractivity contribution in [1.29, 1.82) is 0 Å². The maximum atomic E-state index is 12.3. The Bertz CT molecular complexity index is 730. The average molecular weight is 346 g/mol. The van der Waals surface area contributed by atoms with Crippen molar-refractivity contribution in [2.45, 2.75) is 18.8 Å². The summed E-state index contributed by atoms with van der Waals surface area (Å²) in [4.78, 5) is 12.3. The van der Waals surface area contributed by atoms with Crippen LogP contribution in [0.2, 0.25) is 5.02 Å². The molecule has 1 N–H and O–H groups in total. The van der Waals surface area contributed by atoms with Crippen molar-refractivity contribution in [3.05, 3.63) is 53.1 Å². The molecule has 0 spiro atoms. The summed E-state index contributed by atoms with van der Waals surface area (Å²) in [5, 5.41) is 3.46. The highest BCUT2D eigenvalue weighted by Gasteiger charge is 2.39. The standard InChI is InChI=1S/C19H20ClNO3/c1-23-15-6-3-12(4-7-15)16-9-13(16)10-19(22)21-17-11-14(20)5-8-18(17)24-2/h3-8,11,13,16H,9-10H2,1-2H3,(H,21,22)/t13-,16-/m0/s1. The van der Waals surface area contributed by atoms with Crippen LogP contribution >= 0.6 is 11.6 Å². The largest absolute Gasteiger partial charge is 0.497 e. The van der Waals surface area contributed by atoms with Crippen LogP contribution in [0.4, 0.5) is 5.69 Å². The van der Waals surface area contributed by atoms with Crippen molar-refractivity contribution in [3.63, 3.8) is 0 Å². The lowest BCUT2D eigenvalue weighted by molar-refractivity contribution is -0.116. The zero-order chi connectivity index (χ0) is 17.1. The van der Waals surface area contributed by atoms with Crippen LogP contribution in [0.15, 0.2) is 42.5 Å². The Morgan fingerprint density at radius 2 is 1.92 bits per heavy atom. The topological polar surface area (TPSA) is 47.6 Å². The van der Waals surface area contributed by atoms with E-state index in [-0.39, 0.29) is 5.91 Å². The van der Waals surface area contributed by atoms with E-state index in [1.807, 2.05) is 12.1 Å². The maximum Gasteiger partial charge on any atom is 0.224 e. The lowest BCUT2D eigenvalue weighted by Gasteiger charge is -2.10. The Balaban J connectivity index is 1.57. The summed E-state index contributed by atoms with van der Waals surface area (Å²) in [6, 6.07) is 13.2. The molecule has 0 aromatic heterocycles. The van der Waals surface area contributed by atoms with E-state index in [1.54, 1.807) is 32.4 Å². The van der Waals surface area contributed by atoms with Gasteiger partial charge in [0.15, 0.2) is 0 Å². The number of methoxy groups -OCH3 is 2. The van der Waals surface area contributed by atoms with Gasteiger partial charge in [-0.2, -0.15) is 0 Å². The van der Waals surface area contributed by atoms with Gasteiger partial charge in [0.05, 0.1) is 19.9 Å². The van der Waals surface area contributed by atoms with E-state index in [0.29, 0.717) is 34.7 Å². The van der Waals surface area contributed by atoms with Crippen LogP contribution in [0.25, 0.3) is 0 Å². The van der Waals surface area contributed by atoms with Crippen molar-refractivity contribution in [1.82, 2.24) is 0 Å². The van der Waals surface area contributed by atoms with E-state index in [9.17, 15) is 4.79 Å². The molecule has 2 aromatic carbocycles. The zero-order valence-corrected chi connectivity index (χ0v) is 14.5. The van der Waals surface area contributed by atoms with Crippen molar-refractivity contribution in [3.8, 4) is 11.5 Å². The van der Waals surface area contributed by atoms with Crippen molar-refractivity contribution >= 4 is 23.2 Å². The number of anilines is 1. The number of amides is 1. The third-order valence-corrected chi connectivity index (χ3v) is 4.58. The summed E-state index contributed by atoms with van der Waals surface area (Å²) >= 11 is 5.99. The molecule has 0 radical (unpaired) electrons. The Morgan fingerprint density at radius 1 is 1.17 bits per heavy atom. The number of carbonyl (C=O) groups is 1. The van der Waals surface area contributed by atoms with Gasteiger partial charge in [-0.3, -0.25) is 4.79 Å². The number of rotatable bonds is 6. The van der Waals surface area contributed by atoms with E-state index < -0.39 is 0 Å². The van der Waals surface area contributed by atoms with Gasteiger partial charge in [-0.05, 0) is 54.2 Å². The Hall–Kier alpha value is -2.20. The first-order valence-corrected chi connectivity index (χ1v) is 8.26. The number of benzene rings is 2. The lowest BCUT2D eigenvalue weighted by atomic mass is 10.1. The molecule has 0 heterocycles. The monoisotopic (exact) mass is 345 g/mol. The lowest BCUT2D eigenvalue weighted by Crippen LogP contribution is -2.13. The van der Waals surface area contributed by atoms with Crippen LogP contribution in [-0.2, 0) is 4.79 Å². The molecule has 126 valence electrons. The molecule has 1 amide bonds. The van der Waals surface area contributed by atoms with Gasteiger partial charge in [0.25, 0.3) is 0 Å². The molecule has 1 saturated carbocycles. The number of hydrogen-bond donors (Lipinski definition) is 1. The third kappa shape index (κ3) is 3.82. The maximum absolute atomic E-state index is 12.3. The number of nitrogens with one attached hydrogen (secondary N) is 1. The molecular weight excluding hydrogens is 326 g/mol. The second kappa shape index (κ2) is 7.14. The number of carbonyl (C=O) groups excluding carboxylic acids is 1. The molecule has 0 saturated heterocycles. The van der Waals surface area contributed by atoms with Crippen LogP contribution in [0.1, 0.15) is 24.3 Å². The smallest absolute Gasteiger partial charge is 0.224 e. The molecule has 5 heteroatoms. The first-order valence-electron chi connectivity index (χ1n) is 7.88. The number of ether oxygens (including phenoxy) is 2. The summed E-state index contributed by atoms with van der Waals surface area (Å²) in [6.07, 6.45) is 1.53. The van der Waals surface area contributed by atoms with E-state index in [2.05, 4.69) is 17.4 Å².